The molecule has 0 radical (unpaired) electrons. The molecule has 2 aromatic carbocycles. The fourth-order valence-electron chi connectivity index (χ4n) is 2.13. The number of amides is 1. The van der Waals surface area contributed by atoms with Crippen LogP contribution in [0, 0.1) is 11.6 Å². The summed E-state index contributed by atoms with van der Waals surface area (Å²) in [6, 6.07) is 11.4. The summed E-state index contributed by atoms with van der Waals surface area (Å²) in [5.74, 6) is -1.54. The fraction of sp³-hybridized carbons (Fsp3) is 0.278. The summed E-state index contributed by atoms with van der Waals surface area (Å²) in [7, 11) is 0. The third kappa shape index (κ3) is 4.77. The van der Waals surface area contributed by atoms with Crippen molar-refractivity contribution in [1.82, 2.24) is 0 Å². The molecule has 2 rings (SSSR count). The molecule has 0 bridgehead atoms. The largest absolute Gasteiger partial charge is 0.385 e. The fourth-order valence-corrected chi connectivity index (χ4v) is 2.13. The van der Waals surface area contributed by atoms with Crippen molar-refractivity contribution in [3.05, 3.63) is 59.7 Å². The van der Waals surface area contributed by atoms with Crippen LogP contribution in [0.5, 0.6) is 0 Å². The maximum atomic E-state index is 13.4. The van der Waals surface area contributed by atoms with Crippen LogP contribution in [0.3, 0.4) is 0 Å². The van der Waals surface area contributed by atoms with Gasteiger partial charge in [-0.25, -0.2) is 8.78 Å². The molecule has 0 aromatic heterocycles. The molecule has 0 unspecified atom stereocenters. The molecule has 0 saturated heterocycles. The number of anilines is 2. The van der Waals surface area contributed by atoms with E-state index in [2.05, 4.69) is 24.5 Å². The van der Waals surface area contributed by atoms with Gasteiger partial charge in [0.05, 0.1) is 0 Å². The summed E-state index contributed by atoms with van der Waals surface area (Å²) in [6.07, 6.45) is 0.111. The van der Waals surface area contributed by atoms with E-state index < -0.39 is 23.2 Å². The molecule has 0 aliphatic rings. The standard InChI is InChI=1S/C18H20F2N2O/c1-12(2)13-6-8-14(9-7-13)21-11-10-17(23)22-18-15(19)4-3-5-16(18)20/h3-9,12,21H,10-11H2,1-2H3,(H,22,23). The summed E-state index contributed by atoms with van der Waals surface area (Å²) < 4.78 is 26.9. The first-order valence-electron chi connectivity index (χ1n) is 7.55. The zero-order valence-electron chi connectivity index (χ0n) is 13.2. The molecule has 2 N–H and O–H groups in total. The van der Waals surface area contributed by atoms with E-state index in [4.69, 9.17) is 0 Å². The predicted molar refractivity (Wildman–Crippen MR) is 88.6 cm³/mol. The minimum atomic E-state index is -0.782. The lowest BCUT2D eigenvalue weighted by Gasteiger charge is -2.10. The third-order valence-corrected chi connectivity index (χ3v) is 3.49. The first-order chi connectivity index (χ1) is 11.0. The Kier molecular flexibility index (Phi) is 5.68. The van der Waals surface area contributed by atoms with Crippen molar-refractivity contribution in [1.29, 1.82) is 0 Å². The monoisotopic (exact) mass is 318 g/mol. The second kappa shape index (κ2) is 7.72. The van der Waals surface area contributed by atoms with E-state index in [-0.39, 0.29) is 6.42 Å². The van der Waals surface area contributed by atoms with Gasteiger partial charge in [0, 0.05) is 18.7 Å². The lowest BCUT2D eigenvalue weighted by Crippen LogP contribution is -2.17. The van der Waals surface area contributed by atoms with Crippen molar-refractivity contribution in [3.8, 4) is 0 Å². The number of benzene rings is 2. The quantitative estimate of drug-likeness (QED) is 0.821. The summed E-state index contributed by atoms with van der Waals surface area (Å²) in [6.45, 7) is 4.62. The topological polar surface area (TPSA) is 41.1 Å². The third-order valence-electron chi connectivity index (χ3n) is 3.49. The summed E-state index contributed by atoms with van der Waals surface area (Å²) in [4.78, 5) is 11.8. The number of nitrogens with one attached hydrogen (secondary N) is 2. The number of hydrogen-bond donors (Lipinski definition) is 2. The Balaban J connectivity index is 1.83. The van der Waals surface area contributed by atoms with E-state index in [1.165, 1.54) is 11.6 Å². The number of rotatable bonds is 6. The van der Waals surface area contributed by atoms with Gasteiger partial charge in [-0.2, -0.15) is 0 Å². The van der Waals surface area contributed by atoms with Crippen LogP contribution in [-0.4, -0.2) is 12.5 Å². The SMILES string of the molecule is CC(C)c1ccc(NCCC(=O)Nc2c(F)cccc2F)cc1. The Hall–Kier alpha value is -2.43. The average Bonchev–Trinajstić information content (AvgIpc) is 2.51. The second-order valence-corrected chi connectivity index (χ2v) is 5.60. The van der Waals surface area contributed by atoms with Gasteiger partial charge >= 0.3 is 0 Å². The Morgan fingerprint density at radius 2 is 1.65 bits per heavy atom. The second-order valence-electron chi connectivity index (χ2n) is 5.60. The van der Waals surface area contributed by atoms with Gasteiger partial charge in [-0.15, -0.1) is 0 Å². The van der Waals surface area contributed by atoms with Crippen LogP contribution in [0.15, 0.2) is 42.5 Å². The highest BCUT2D eigenvalue weighted by Gasteiger charge is 2.11. The maximum Gasteiger partial charge on any atom is 0.226 e. The van der Waals surface area contributed by atoms with Crippen LogP contribution in [-0.2, 0) is 4.79 Å². The van der Waals surface area contributed by atoms with Crippen molar-refractivity contribution in [2.45, 2.75) is 26.2 Å². The van der Waals surface area contributed by atoms with E-state index in [0.717, 1.165) is 17.8 Å². The highest BCUT2D eigenvalue weighted by Crippen LogP contribution is 2.19. The molecule has 0 saturated carbocycles. The Bertz CT molecular complexity index is 649. The zero-order valence-corrected chi connectivity index (χ0v) is 13.2. The number of carbonyl (C=O) groups is 1. The van der Waals surface area contributed by atoms with Crippen LogP contribution >= 0.6 is 0 Å². The molecule has 5 heteroatoms. The molecule has 3 nitrogen and oxygen atoms in total. The summed E-state index contributed by atoms with van der Waals surface area (Å²) in [5.41, 5.74) is 1.74. The lowest BCUT2D eigenvalue weighted by atomic mass is 10.0. The molecular weight excluding hydrogens is 298 g/mol. The van der Waals surface area contributed by atoms with Crippen LogP contribution in [0.1, 0.15) is 31.7 Å². The van der Waals surface area contributed by atoms with Crippen molar-refractivity contribution in [3.63, 3.8) is 0 Å². The highest BCUT2D eigenvalue weighted by atomic mass is 19.1. The van der Waals surface area contributed by atoms with Gasteiger partial charge < -0.3 is 10.6 Å². The number of para-hydroxylation sites is 1. The van der Waals surface area contributed by atoms with E-state index in [0.29, 0.717) is 12.5 Å². The van der Waals surface area contributed by atoms with Gasteiger partial charge in [0.1, 0.15) is 17.3 Å². The Morgan fingerprint density at radius 1 is 1.04 bits per heavy atom. The smallest absolute Gasteiger partial charge is 0.226 e. The molecule has 23 heavy (non-hydrogen) atoms. The molecule has 0 spiro atoms. The van der Waals surface area contributed by atoms with Gasteiger partial charge in [0.15, 0.2) is 0 Å². The highest BCUT2D eigenvalue weighted by molar-refractivity contribution is 5.91. The van der Waals surface area contributed by atoms with Crippen LogP contribution in [0.2, 0.25) is 0 Å². The number of halogens is 2. The van der Waals surface area contributed by atoms with Gasteiger partial charge in [0.25, 0.3) is 0 Å². The molecule has 0 heterocycles. The van der Waals surface area contributed by atoms with Crippen molar-refractivity contribution >= 4 is 17.3 Å². The van der Waals surface area contributed by atoms with Gasteiger partial charge in [-0.1, -0.05) is 32.0 Å². The summed E-state index contributed by atoms with van der Waals surface area (Å²) >= 11 is 0. The first-order valence-corrected chi connectivity index (χ1v) is 7.55. The molecule has 122 valence electrons. The zero-order chi connectivity index (χ0) is 16.8. The Labute approximate surface area is 134 Å². The average molecular weight is 318 g/mol. The molecule has 0 atom stereocenters. The van der Waals surface area contributed by atoms with Crippen molar-refractivity contribution in [2.24, 2.45) is 0 Å². The minimum absolute atomic E-state index is 0.111. The first kappa shape index (κ1) is 16.9. The van der Waals surface area contributed by atoms with E-state index >= 15 is 0 Å². The Morgan fingerprint density at radius 3 is 2.22 bits per heavy atom. The lowest BCUT2D eigenvalue weighted by molar-refractivity contribution is -0.116. The molecule has 1 amide bonds. The number of hydrogen-bond acceptors (Lipinski definition) is 2. The van der Waals surface area contributed by atoms with Crippen molar-refractivity contribution in [2.75, 3.05) is 17.2 Å². The van der Waals surface area contributed by atoms with Crippen LogP contribution in [0.4, 0.5) is 20.2 Å². The normalized spacial score (nSPS) is 10.7. The van der Waals surface area contributed by atoms with E-state index in [9.17, 15) is 13.6 Å². The molecule has 0 fully saturated rings. The van der Waals surface area contributed by atoms with E-state index in [1.807, 2.05) is 24.3 Å². The van der Waals surface area contributed by atoms with Crippen LogP contribution in [0.25, 0.3) is 0 Å². The predicted octanol–water partition coefficient (Wildman–Crippen LogP) is 4.53. The van der Waals surface area contributed by atoms with E-state index in [1.54, 1.807) is 0 Å². The maximum absolute atomic E-state index is 13.4. The molecular formula is C18H20F2N2O. The molecule has 0 aliphatic carbocycles. The van der Waals surface area contributed by atoms with Gasteiger partial charge in [-0.3, -0.25) is 4.79 Å². The van der Waals surface area contributed by atoms with Gasteiger partial charge in [-0.05, 0) is 35.7 Å². The molecule has 0 aliphatic heterocycles. The van der Waals surface area contributed by atoms with Crippen molar-refractivity contribution < 1.29 is 13.6 Å². The van der Waals surface area contributed by atoms with Crippen LogP contribution < -0.4 is 10.6 Å². The number of carbonyl (C=O) groups excluding carboxylic acids is 1. The summed E-state index contributed by atoms with van der Waals surface area (Å²) in [5, 5.41) is 5.37. The molecule has 2 aromatic rings. The minimum Gasteiger partial charge on any atom is -0.385 e. The van der Waals surface area contributed by atoms with Gasteiger partial charge in [0.2, 0.25) is 5.91 Å².